The number of carbonyl (C=O) groups excluding carboxylic acids is 1. The molecule has 2 aromatic rings. The molecule has 2 aliphatic heterocycles. The number of aliphatic imine (C=N–C) groups is 1. The molecule has 2 aliphatic carbocycles. The van der Waals surface area contributed by atoms with Crippen LogP contribution in [-0.2, 0) is 9.53 Å². The Kier molecular flexibility index (Phi) is 13.1. The monoisotopic (exact) mass is 610 g/mol. The highest BCUT2D eigenvalue weighted by molar-refractivity contribution is 7.16. The number of nitrogens with zero attached hydrogens (tertiary/aromatic N) is 3. The van der Waals surface area contributed by atoms with Crippen LogP contribution in [0.1, 0.15) is 98.4 Å². The number of thiophene rings is 1. The van der Waals surface area contributed by atoms with Gasteiger partial charge in [0.05, 0.1) is 22.4 Å². The van der Waals surface area contributed by atoms with Crippen molar-refractivity contribution >= 4 is 39.5 Å². The minimum absolute atomic E-state index is 0.0550. The zero-order chi connectivity index (χ0) is 31.7. The average molecular weight is 611 g/mol. The Hall–Kier alpha value is -2.38. The van der Waals surface area contributed by atoms with E-state index in [9.17, 15) is 4.79 Å². The van der Waals surface area contributed by atoms with Gasteiger partial charge >= 0.3 is 5.97 Å². The summed E-state index contributed by atoms with van der Waals surface area (Å²) in [6, 6.07) is 10.5. The second kappa shape index (κ2) is 16.1. The van der Waals surface area contributed by atoms with Crippen LogP contribution in [0.15, 0.2) is 35.3 Å². The molecule has 1 aromatic heterocycles. The van der Waals surface area contributed by atoms with E-state index in [1.807, 2.05) is 47.6 Å². The third kappa shape index (κ3) is 7.83. The minimum atomic E-state index is -0.265. The molecule has 0 amide bonds. The van der Waals surface area contributed by atoms with E-state index in [0.717, 1.165) is 67.7 Å². The normalized spacial score (nSPS) is 27.5. The molecular formula is C36H58N4O2S. The Morgan fingerprint density at radius 1 is 1.00 bits per heavy atom. The fourth-order valence-electron chi connectivity index (χ4n) is 7.40. The van der Waals surface area contributed by atoms with E-state index in [-0.39, 0.29) is 11.4 Å². The van der Waals surface area contributed by atoms with E-state index >= 15 is 0 Å². The fraction of sp³-hybridized carbons (Fsp3) is 0.667. The predicted octanol–water partition coefficient (Wildman–Crippen LogP) is 9.49. The van der Waals surface area contributed by atoms with Crippen LogP contribution in [0.2, 0.25) is 0 Å². The van der Waals surface area contributed by atoms with Crippen molar-refractivity contribution < 1.29 is 9.53 Å². The Morgan fingerprint density at radius 3 is 2.37 bits per heavy atom. The number of hydrogen-bond acceptors (Lipinski definition) is 7. The topological polar surface area (TPSA) is 57.2 Å². The van der Waals surface area contributed by atoms with Crippen LogP contribution in [0.5, 0.6) is 0 Å². The number of para-hydroxylation sites is 2. The van der Waals surface area contributed by atoms with Gasteiger partial charge < -0.3 is 15.0 Å². The maximum Gasteiger partial charge on any atom is 0.313 e. The second-order valence-electron chi connectivity index (χ2n) is 12.2. The number of ether oxygens (including phenoxy) is 1. The molecule has 6 nitrogen and oxygen atoms in total. The molecule has 3 fully saturated rings. The molecule has 43 heavy (non-hydrogen) atoms. The van der Waals surface area contributed by atoms with E-state index in [4.69, 9.17) is 9.73 Å². The number of hydrogen-bond donors (Lipinski definition) is 1. The van der Waals surface area contributed by atoms with Gasteiger partial charge in [-0.05, 0) is 74.5 Å². The van der Waals surface area contributed by atoms with Crippen LogP contribution in [0, 0.1) is 36.0 Å². The Balaban J connectivity index is 0.000000796. The number of rotatable bonds is 3. The van der Waals surface area contributed by atoms with Gasteiger partial charge in [-0.3, -0.25) is 9.69 Å². The first kappa shape index (κ1) is 35.1. The van der Waals surface area contributed by atoms with Crippen LogP contribution < -0.4 is 5.32 Å². The van der Waals surface area contributed by atoms with E-state index < -0.39 is 0 Å². The second-order valence-corrected chi connectivity index (χ2v) is 13.4. The van der Waals surface area contributed by atoms with Gasteiger partial charge in [0.1, 0.15) is 17.6 Å². The van der Waals surface area contributed by atoms with Gasteiger partial charge in [0.15, 0.2) is 0 Å². The molecule has 240 valence electrons. The van der Waals surface area contributed by atoms with Gasteiger partial charge in [0, 0.05) is 31.1 Å². The first-order valence-corrected chi connectivity index (χ1v) is 17.8. The van der Waals surface area contributed by atoms with Gasteiger partial charge in [0.2, 0.25) is 0 Å². The third-order valence-electron chi connectivity index (χ3n) is 9.41. The summed E-state index contributed by atoms with van der Waals surface area (Å²) in [4.78, 5) is 24.6. The van der Waals surface area contributed by atoms with Gasteiger partial charge in [-0.1, -0.05) is 74.4 Å². The van der Waals surface area contributed by atoms with Crippen molar-refractivity contribution in [2.24, 2.45) is 34.1 Å². The van der Waals surface area contributed by atoms with Crippen molar-refractivity contribution in [3.8, 4) is 0 Å². The van der Waals surface area contributed by atoms with Crippen molar-refractivity contribution in [1.29, 1.82) is 0 Å². The molecule has 6 rings (SSSR count). The van der Waals surface area contributed by atoms with E-state index in [1.54, 1.807) is 11.3 Å². The fourth-order valence-corrected chi connectivity index (χ4v) is 8.32. The summed E-state index contributed by atoms with van der Waals surface area (Å²) in [5, 5.41) is 4.76. The number of piperazine rings is 1. The molecular weight excluding hydrogens is 552 g/mol. The lowest BCUT2D eigenvalue weighted by molar-refractivity contribution is -0.172. The highest BCUT2D eigenvalue weighted by Crippen LogP contribution is 2.55. The highest BCUT2D eigenvalue weighted by atomic mass is 32.1. The van der Waals surface area contributed by atoms with Crippen LogP contribution in [0.4, 0.5) is 16.4 Å². The van der Waals surface area contributed by atoms with Crippen LogP contribution in [0.25, 0.3) is 0 Å². The highest BCUT2D eigenvalue weighted by Gasteiger charge is 2.52. The number of carbonyl (C=O) groups is 1. The number of nitrogens with one attached hydrogen (secondary N) is 1. The van der Waals surface area contributed by atoms with Crippen LogP contribution in [-0.4, -0.2) is 54.5 Å². The number of fused-ring (bicyclic) bond motifs is 4. The van der Waals surface area contributed by atoms with Crippen molar-refractivity contribution in [3.63, 3.8) is 0 Å². The molecule has 3 heterocycles. The van der Waals surface area contributed by atoms with E-state index in [2.05, 4.69) is 67.1 Å². The summed E-state index contributed by atoms with van der Waals surface area (Å²) >= 11 is 1.78. The van der Waals surface area contributed by atoms with Crippen molar-refractivity contribution in [2.75, 3.05) is 38.2 Å². The number of amidine groups is 1. The van der Waals surface area contributed by atoms with Gasteiger partial charge in [-0.25, -0.2) is 4.99 Å². The molecule has 0 radical (unpaired) electrons. The van der Waals surface area contributed by atoms with E-state index in [0.29, 0.717) is 30.4 Å². The lowest BCUT2D eigenvalue weighted by atomic mass is 9.53. The molecule has 4 aliphatic rings. The summed E-state index contributed by atoms with van der Waals surface area (Å²) in [5.41, 5.74) is 2.94. The lowest BCUT2D eigenvalue weighted by Gasteiger charge is -2.51. The summed E-state index contributed by atoms with van der Waals surface area (Å²) in [5.74, 6) is 3.66. The maximum atomic E-state index is 13.5. The number of esters is 1. The molecule has 7 heteroatoms. The first-order valence-electron chi connectivity index (χ1n) is 17.0. The molecule has 0 spiro atoms. The van der Waals surface area contributed by atoms with Crippen LogP contribution >= 0.6 is 11.3 Å². The van der Waals surface area contributed by atoms with E-state index in [1.165, 1.54) is 16.9 Å². The Labute approximate surface area is 266 Å². The smallest absolute Gasteiger partial charge is 0.313 e. The Bertz CT molecular complexity index is 1200. The largest absolute Gasteiger partial charge is 0.449 e. The molecule has 2 bridgehead atoms. The molecule has 2 saturated carbocycles. The van der Waals surface area contributed by atoms with Gasteiger partial charge in [0.25, 0.3) is 0 Å². The lowest BCUT2D eigenvalue weighted by Crippen LogP contribution is -2.51. The van der Waals surface area contributed by atoms with Crippen molar-refractivity contribution in [2.45, 2.75) is 94.9 Å². The maximum absolute atomic E-state index is 13.5. The minimum Gasteiger partial charge on any atom is -0.449 e. The predicted molar refractivity (Wildman–Crippen MR) is 185 cm³/mol. The molecule has 5 atom stereocenters. The summed E-state index contributed by atoms with van der Waals surface area (Å²) in [6.07, 6.45) is 4.26. The molecule has 5 unspecified atom stereocenters. The molecule has 1 saturated heterocycles. The third-order valence-corrected chi connectivity index (χ3v) is 10.4. The quantitative estimate of drug-likeness (QED) is 0.351. The SMILES string of the molecule is CC.CC.CC.Cc1cc2c(s1)Nc1ccccc1N=C2N1CCN(COC(=O)C23CC(C)CC(C2)C(C)C(C)C3)CC1. The zero-order valence-electron chi connectivity index (χ0n) is 28.6. The van der Waals surface area contributed by atoms with Crippen molar-refractivity contribution in [3.05, 3.63) is 40.8 Å². The van der Waals surface area contributed by atoms with Crippen molar-refractivity contribution in [1.82, 2.24) is 9.80 Å². The Morgan fingerprint density at radius 2 is 1.67 bits per heavy atom. The molecule has 1 N–H and O–H groups in total. The summed E-state index contributed by atoms with van der Waals surface area (Å²) < 4.78 is 6.07. The zero-order valence-corrected chi connectivity index (χ0v) is 29.4. The number of anilines is 2. The summed E-state index contributed by atoms with van der Waals surface area (Å²) in [7, 11) is 0. The van der Waals surface area contributed by atoms with Gasteiger partial charge in [-0.15, -0.1) is 11.3 Å². The average Bonchev–Trinajstić information content (AvgIpc) is 3.33. The van der Waals surface area contributed by atoms with Gasteiger partial charge in [-0.2, -0.15) is 0 Å². The molecule has 1 aromatic carbocycles. The first-order chi connectivity index (χ1) is 20.8. The number of aryl methyl sites for hydroxylation is 1. The van der Waals surface area contributed by atoms with Crippen LogP contribution in [0.3, 0.4) is 0 Å². The number of benzene rings is 1. The summed E-state index contributed by atoms with van der Waals surface area (Å²) in [6.45, 7) is 25.0. The standard InChI is InChI=1S/C30H40N4O2S.3C2H6/c1-19-13-23-17-30(15-19,16-20(2)22(23)4)29(35)36-18-33-9-11-34(12-10-33)27-24-14-21(3)37-28(24)32-26-8-6-5-7-25(26)31-27;3*1-2/h5-8,14,19-20,22-23,32H,9-13,15-18H2,1-4H3;3*1-2H3.